The van der Waals surface area contributed by atoms with Gasteiger partial charge >= 0.3 is 0 Å². The number of carbonyl (C=O) groups is 2. The standard InChI is InChI=1S/C13H26N4O2/c1-10(2)7-17(8-12(15)18)13(19)9-16-5-3-11(14)4-6-16/h10-11H,3-9,14H2,1-2H3,(H2,15,18). The van der Waals surface area contributed by atoms with Crippen molar-refractivity contribution >= 4 is 11.8 Å². The average Bonchev–Trinajstić information content (AvgIpc) is 2.30. The smallest absolute Gasteiger partial charge is 0.237 e. The maximum Gasteiger partial charge on any atom is 0.237 e. The molecule has 0 unspecified atom stereocenters. The molecule has 0 aromatic rings. The van der Waals surface area contributed by atoms with Gasteiger partial charge in [0.15, 0.2) is 0 Å². The van der Waals surface area contributed by atoms with Gasteiger partial charge < -0.3 is 16.4 Å². The number of rotatable bonds is 6. The zero-order chi connectivity index (χ0) is 14.4. The van der Waals surface area contributed by atoms with Crippen LogP contribution >= 0.6 is 0 Å². The maximum absolute atomic E-state index is 12.2. The Bertz CT molecular complexity index is 312. The van der Waals surface area contributed by atoms with Crippen LogP contribution in [0.1, 0.15) is 26.7 Å². The molecular formula is C13H26N4O2. The van der Waals surface area contributed by atoms with Crippen LogP contribution in [-0.2, 0) is 9.59 Å². The molecule has 1 aliphatic rings. The highest BCUT2D eigenvalue weighted by atomic mass is 16.2. The Morgan fingerprint density at radius 2 is 1.89 bits per heavy atom. The topological polar surface area (TPSA) is 92.7 Å². The lowest BCUT2D eigenvalue weighted by atomic mass is 10.1. The van der Waals surface area contributed by atoms with Gasteiger partial charge in [-0.2, -0.15) is 0 Å². The summed E-state index contributed by atoms with van der Waals surface area (Å²) in [5, 5.41) is 0. The molecular weight excluding hydrogens is 244 g/mol. The Kier molecular flexibility index (Phi) is 6.24. The number of hydrogen-bond acceptors (Lipinski definition) is 4. The predicted octanol–water partition coefficient (Wildman–Crippen LogP) is -0.621. The van der Waals surface area contributed by atoms with Crippen LogP contribution in [0.4, 0.5) is 0 Å². The van der Waals surface area contributed by atoms with Crippen LogP contribution in [-0.4, -0.2) is 60.4 Å². The van der Waals surface area contributed by atoms with Gasteiger partial charge in [-0.3, -0.25) is 14.5 Å². The third-order valence-electron chi connectivity index (χ3n) is 3.28. The van der Waals surface area contributed by atoms with Crippen molar-refractivity contribution in [3.05, 3.63) is 0 Å². The maximum atomic E-state index is 12.2. The summed E-state index contributed by atoms with van der Waals surface area (Å²) in [5.41, 5.74) is 11.0. The van der Waals surface area contributed by atoms with Crippen LogP contribution in [0.5, 0.6) is 0 Å². The number of likely N-dealkylation sites (tertiary alicyclic amines) is 1. The lowest BCUT2D eigenvalue weighted by molar-refractivity contribution is -0.136. The quantitative estimate of drug-likeness (QED) is 0.673. The first-order valence-corrected chi connectivity index (χ1v) is 6.92. The number of piperidine rings is 1. The van der Waals surface area contributed by atoms with Crippen molar-refractivity contribution in [3.63, 3.8) is 0 Å². The van der Waals surface area contributed by atoms with Crippen LogP contribution in [0, 0.1) is 5.92 Å². The highest BCUT2D eigenvalue weighted by Gasteiger charge is 2.22. The van der Waals surface area contributed by atoms with Gasteiger partial charge in [-0.15, -0.1) is 0 Å². The van der Waals surface area contributed by atoms with E-state index in [0.717, 1.165) is 25.9 Å². The summed E-state index contributed by atoms with van der Waals surface area (Å²) in [7, 11) is 0. The molecule has 0 radical (unpaired) electrons. The summed E-state index contributed by atoms with van der Waals surface area (Å²) in [4.78, 5) is 26.9. The fourth-order valence-electron chi connectivity index (χ4n) is 2.29. The summed E-state index contributed by atoms with van der Waals surface area (Å²) in [6.45, 7) is 6.65. The number of hydrogen-bond donors (Lipinski definition) is 2. The lowest BCUT2D eigenvalue weighted by Gasteiger charge is -2.32. The Labute approximate surface area is 115 Å². The molecule has 2 amide bonds. The van der Waals surface area contributed by atoms with E-state index >= 15 is 0 Å². The minimum absolute atomic E-state index is 0.00433. The van der Waals surface area contributed by atoms with Crippen LogP contribution < -0.4 is 11.5 Å². The summed E-state index contributed by atoms with van der Waals surface area (Å²) in [5.74, 6) is -0.171. The van der Waals surface area contributed by atoms with Gasteiger partial charge in [0.2, 0.25) is 11.8 Å². The molecule has 6 heteroatoms. The van der Waals surface area contributed by atoms with E-state index in [0.29, 0.717) is 19.0 Å². The highest BCUT2D eigenvalue weighted by Crippen LogP contribution is 2.09. The zero-order valence-corrected chi connectivity index (χ0v) is 12.0. The normalized spacial score (nSPS) is 17.7. The second-order valence-corrected chi connectivity index (χ2v) is 5.75. The van der Waals surface area contributed by atoms with Gasteiger partial charge in [-0.25, -0.2) is 0 Å². The van der Waals surface area contributed by atoms with E-state index in [-0.39, 0.29) is 18.5 Å². The Balaban J connectivity index is 2.48. The molecule has 0 aliphatic carbocycles. The van der Waals surface area contributed by atoms with Crippen LogP contribution in [0.2, 0.25) is 0 Å². The number of nitrogens with two attached hydrogens (primary N) is 2. The van der Waals surface area contributed by atoms with E-state index in [2.05, 4.69) is 4.90 Å². The summed E-state index contributed by atoms with van der Waals surface area (Å²) in [6.07, 6.45) is 1.85. The second kappa shape index (κ2) is 7.45. The average molecular weight is 270 g/mol. The van der Waals surface area contributed by atoms with E-state index < -0.39 is 5.91 Å². The molecule has 6 nitrogen and oxygen atoms in total. The van der Waals surface area contributed by atoms with E-state index in [1.807, 2.05) is 13.8 Å². The summed E-state index contributed by atoms with van der Waals surface area (Å²) >= 11 is 0. The molecule has 0 atom stereocenters. The van der Waals surface area contributed by atoms with Crippen molar-refractivity contribution in [1.29, 1.82) is 0 Å². The van der Waals surface area contributed by atoms with Crippen molar-refractivity contribution in [2.24, 2.45) is 17.4 Å². The molecule has 1 saturated heterocycles. The molecule has 110 valence electrons. The third kappa shape index (κ3) is 6.02. The molecule has 1 heterocycles. The number of carbonyl (C=O) groups excluding carboxylic acids is 2. The number of amides is 2. The zero-order valence-electron chi connectivity index (χ0n) is 12.0. The molecule has 0 spiro atoms. The first-order chi connectivity index (χ1) is 8.88. The van der Waals surface area contributed by atoms with Crippen LogP contribution in [0.25, 0.3) is 0 Å². The number of primary amides is 1. The van der Waals surface area contributed by atoms with Gasteiger partial charge in [0.25, 0.3) is 0 Å². The minimum Gasteiger partial charge on any atom is -0.368 e. The fraction of sp³-hybridized carbons (Fsp3) is 0.846. The Morgan fingerprint density at radius 1 is 1.32 bits per heavy atom. The lowest BCUT2D eigenvalue weighted by Crippen LogP contribution is -2.48. The molecule has 1 aliphatic heterocycles. The van der Waals surface area contributed by atoms with Crippen LogP contribution in [0.3, 0.4) is 0 Å². The fourth-order valence-corrected chi connectivity index (χ4v) is 2.29. The third-order valence-corrected chi connectivity index (χ3v) is 3.28. The highest BCUT2D eigenvalue weighted by molar-refractivity contribution is 5.84. The van der Waals surface area contributed by atoms with Gasteiger partial charge in [0.05, 0.1) is 13.1 Å². The van der Waals surface area contributed by atoms with Gasteiger partial charge in [0.1, 0.15) is 0 Å². The van der Waals surface area contributed by atoms with Crippen molar-refractivity contribution in [2.75, 3.05) is 32.7 Å². The monoisotopic (exact) mass is 270 g/mol. The molecule has 0 bridgehead atoms. The second-order valence-electron chi connectivity index (χ2n) is 5.75. The van der Waals surface area contributed by atoms with E-state index in [1.165, 1.54) is 0 Å². The molecule has 4 N–H and O–H groups in total. The molecule has 0 aromatic carbocycles. The molecule has 0 saturated carbocycles. The van der Waals surface area contributed by atoms with E-state index in [9.17, 15) is 9.59 Å². The van der Waals surface area contributed by atoms with Gasteiger partial charge in [-0.05, 0) is 18.8 Å². The van der Waals surface area contributed by atoms with Crippen LogP contribution in [0.15, 0.2) is 0 Å². The predicted molar refractivity (Wildman–Crippen MR) is 74.3 cm³/mol. The van der Waals surface area contributed by atoms with Gasteiger partial charge in [0, 0.05) is 25.7 Å². The van der Waals surface area contributed by atoms with E-state index in [1.54, 1.807) is 4.90 Å². The largest absolute Gasteiger partial charge is 0.368 e. The molecule has 0 aromatic heterocycles. The number of nitrogens with zero attached hydrogens (tertiary/aromatic N) is 2. The van der Waals surface area contributed by atoms with E-state index in [4.69, 9.17) is 11.5 Å². The summed E-state index contributed by atoms with van der Waals surface area (Å²) < 4.78 is 0. The van der Waals surface area contributed by atoms with Crippen molar-refractivity contribution < 1.29 is 9.59 Å². The summed E-state index contributed by atoms with van der Waals surface area (Å²) in [6, 6.07) is 0.253. The SMILES string of the molecule is CC(C)CN(CC(N)=O)C(=O)CN1CCC(N)CC1. The Hall–Kier alpha value is -1.14. The van der Waals surface area contributed by atoms with Crippen molar-refractivity contribution in [3.8, 4) is 0 Å². The minimum atomic E-state index is -0.463. The Morgan fingerprint density at radius 3 is 2.37 bits per heavy atom. The first-order valence-electron chi connectivity index (χ1n) is 6.92. The molecule has 19 heavy (non-hydrogen) atoms. The first kappa shape index (κ1) is 15.9. The van der Waals surface area contributed by atoms with Gasteiger partial charge in [-0.1, -0.05) is 13.8 Å². The van der Waals surface area contributed by atoms with Crippen molar-refractivity contribution in [1.82, 2.24) is 9.80 Å². The molecule has 1 rings (SSSR count). The van der Waals surface area contributed by atoms with Crippen molar-refractivity contribution in [2.45, 2.75) is 32.7 Å². The molecule has 1 fully saturated rings.